The van der Waals surface area contributed by atoms with Crippen molar-refractivity contribution in [2.75, 3.05) is 13.2 Å². The van der Waals surface area contributed by atoms with Crippen LogP contribution in [0.2, 0.25) is 0 Å². The van der Waals surface area contributed by atoms with Crippen LogP contribution in [0.4, 0.5) is 0 Å². The summed E-state index contributed by atoms with van der Waals surface area (Å²) < 4.78 is 6.80. The first-order chi connectivity index (χ1) is 10.1. The Bertz CT molecular complexity index is 575. The standard InChI is InChI=1S/C16H20BrNO3/c1-2-16(15(19)20)5-3-6-18(16)10-12-9-13(17)8-11-4-7-21-14(11)12/h8-9H,2-7,10H2,1H3,(H,19,20). The predicted molar refractivity (Wildman–Crippen MR) is 83.6 cm³/mol. The van der Waals surface area contributed by atoms with Crippen molar-refractivity contribution in [3.8, 4) is 5.75 Å². The second-order valence-corrected chi connectivity index (χ2v) is 6.78. The second kappa shape index (κ2) is 5.61. The van der Waals surface area contributed by atoms with Crippen molar-refractivity contribution in [2.24, 2.45) is 0 Å². The molecule has 5 heteroatoms. The molecule has 1 saturated heterocycles. The van der Waals surface area contributed by atoms with Gasteiger partial charge in [-0.3, -0.25) is 9.69 Å². The Balaban J connectivity index is 1.92. The van der Waals surface area contributed by atoms with Crippen LogP contribution < -0.4 is 4.74 Å². The number of hydrogen-bond donors (Lipinski definition) is 1. The van der Waals surface area contributed by atoms with E-state index in [9.17, 15) is 9.90 Å². The van der Waals surface area contributed by atoms with Crippen molar-refractivity contribution in [2.45, 2.75) is 44.7 Å². The average Bonchev–Trinajstić information content (AvgIpc) is 3.05. The number of halogens is 1. The summed E-state index contributed by atoms with van der Waals surface area (Å²) in [5, 5.41) is 9.68. The van der Waals surface area contributed by atoms with Gasteiger partial charge in [-0.2, -0.15) is 0 Å². The summed E-state index contributed by atoms with van der Waals surface area (Å²) in [5.41, 5.74) is 1.60. The summed E-state index contributed by atoms with van der Waals surface area (Å²) in [7, 11) is 0. The number of fused-ring (bicyclic) bond motifs is 1. The lowest BCUT2D eigenvalue weighted by atomic mass is 9.92. The molecule has 2 aliphatic rings. The Labute approximate surface area is 133 Å². The van der Waals surface area contributed by atoms with Crippen molar-refractivity contribution in [3.63, 3.8) is 0 Å². The highest BCUT2D eigenvalue weighted by Crippen LogP contribution is 2.38. The van der Waals surface area contributed by atoms with Crippen LogP contribution in [0, 0.1) is 0 Å². The van der Waals surface area contributed by atoms with Crippen molar-refractivity contribution >= 4 is 21.9 Å². The number of rotatable bonds is 4. The van der Waals surface area contributed by atoms with Gasteiger partial charge in [-0.1, -0.05) is 22.9 Å². The number of carbonyl (C=O) groups is 1. The summed E-state index contributed by atoms with van der Waals surface area (Å²) in [5.74, 6) is 0.260. The van der Waals surface area contributed by atoms with Crippen LogP contribution in [0.15, 0.2) is 16.6 Å². The Morgan fingerprint density at radius 2 is 2.33 bits per heavy atom. The van der Waals surface area contributed by atoms with Crippen LogP contribution in [-0.2, 0) is 17.8 Å². The molecule has 1 aromatic rings. The van der Waals surface area contributed by atoms with Gasteiger partial charge in [0, 0.05) is 23.0 Å². The lowest BCUT2D eigenvalue weighted by Crippen LogP contribution is -2.49. The van der Waals surface area contributed by atoms with Gasteiger partial charge in [0.25, 0.3) is 0 Å². The van der Waals surface area contributed by atoms with Gasteiger partial charge in [-0.05, 0) is 43.5 Å². The molecule has 0 saturated carbocycles. The van der Waals surface area contributed by atoms with E-state index in [1.807, 2.05) is 6.92 Å². The third kappa shape index (κ3) is 2.46. The van der Waals surface area contributed by atoms with Gasteiger partial charge in [0.2, 0.25) is 0 Å². The van der Waals surface area contributed by atoms with E-state index < -0.39 is 11.5 Å². The SMILES string of the molecule is CCC1(C(=O)O)CCCN1Cc1cc(Br)cc2c1OCC2. The quantitative estimate of drug-likeness (QED) is 0.902. The first kappa shape index (κ1) is 14.9. The number of benzene rings is 1. The highest BCUT2D eigenvalue weighted by Gasteiger charge is 2.46. The fourth-order valence-electron chi connectivity index (χ4n) is 3.63. The van der Waals surface area contributed by atoms with Crippen molar-refractivity contribution in [1.82, 2.24) is 4.90 Å². The largest absolute Gasteiger partial charge is 0.493 e. The highest BCUT2D eigenvalue weighted by atomic mass is 79.9. The van der Waals surface area contributed by atoms with Gasteiger partial charge >= 0.3 is 5.97 Å². The molecule has 0 bridgehead atoms. The van der Waals surface area contributed by atoms with Gasteiger partial charge in [0.1, 0.15) is 11.3 Å². The van der Waals surface area contributed by atoms with Gasteiger partial charge < -0.3 is 9.84 Å². The first-order valence-electron chi connectivity index (χ1n) is 7.49. The normalized spacial score (nSPS) is 24.9. The summed E-state index contributed by atoms with van der Waals surface area (Å²) in [4.78, 5) is 13.9. The van der Waals surface area contributed by atoms with E-state index in [4.69, 9.17) is 4.74 Å². The van der Waals surface area contributed by atoms with E-state index in [1.165, 1.54) is 5.56 Å². The Morgan fingerprint density at radius 3 is 3.05 bits per heavy atom. The molecule has 1 unspecified atom stereocenters. The maximum absolute atomic E-state index is 11.8. The molecule has 1 N–H and O–H groups in total. The molecule has 0 aromatic heterocycles. The number of hydrogen-bond acceptors (Lipinski definition) is 3. The monoisotopic (exact) mass is 353 g/mol. The van der Waals surface area contributed by atoms with Crippen LogP contribution >= 0.6 is 15.9 Å². The second-order valence-electron chi connectivity index (χ2n) is 5.87. The molecule has 1 aromatic carbocycles. The van der Waals surface area contributed by atoms with Crippen molar-refractivity contribution < 1.29 is 14.6 Å². The highest BCUT2D eigenvalue weighted by molar-refractivity contribution is 9.10. The maximum Gasteiger partial charge on any atom is 0.324 e. The van der Waals surface area contributed by atoms with Crippen molar-refractivity contribution in [3.05, 3.63) is 27.7 Å². The molecule has 1 atom stereocenters. The predicted octanol–water partition coefficient (Wildman–Crippen LogP) is 3.21. The Kier molecular flexibility index (Phi) is 3.97. The maximum atomic E-state index is 11.8. The van der Waals surface area contributed by atoms with Crippen LogP contribution in [0.3, 0.4) is 0 Å². The molecule has 21 heavy (non-hydrogen) atoms. The van der Waals surface area contributed by atoms with E-state index in [0.717, 1.165) is 48.2 Å². The molecule has 3 rings (SSSR count). The third-order valence-electron chi connectivity index (χ3n) is 4.79. The fourth-order valence-corrected chi connectivity index (χ4v) is 4.18. The molecule has 0 spiro atoms. The average molecular weight is 354 g/mol. The van der Waals surface area contributed by atoms with E-state index in [0.29, 0.717) is 13.0 Å². The number of likely N-dealkylation sites (tertiary alicyclic amines) is 1. The topological polar surface area (TPSA) is 49.8 Å². The zero-order valence-corrected chi connectivity index (χ0v) is 13.8. The smallest absolute Gasteiger partial charge is 0.324 e. The lowest BCUT2D eigenvalue weighted by Gasteiger charge is -2.34. The Hall–Kier alpha value is -1.07. The summed E-state index contributed by atoms with van der Waals surface area (Å²) in [6.45, 7) is 4.16. The lowest BCUT2D eigenvalue weighted by molar-refractivity contribution is -0.150. The molecular weight excluding hydrogens is 334 g/mol. The van der Waals surface area contributed by atoms with E-state index in [2.05, 4.69) is 33.0 Å². The van der Waals surface area contributed by atoms with Crippen molar-refractivity contribution in [1.29, 1.82) is 0 Å². The summed E-state index contributed by atoms with van der Waals surface area (Å²) in [6.07, 6.45) is 3.24. The minimum Gasteiger partial charge on any atom is -0.493 e. The van der Waals surface area contributed by atoms with Crippen LogP contribution in [0.1, 0.15) is 37.3 Å². The molecule has 1 fully saturated rings. The minimum absolute atomic E-state index is 0.638. The van der Waals surface area contributed by atoms with Crippen LogP contribution in [-0.4, -0.2) is 34.7 Å². The Morgan fingerprint density at radius 1 is 1.52 bits per heavy atom. The van der Waals surface area contributed by atoms with Crippen LogP contribution in [0.25, 0.3) is 0 Å². The molecular formula is C16H20BrNO3. The van der Waals surface area contributed by atoms with E-state index in [-0.39, 0.29) is 0 Å². The molecule has 0 aliphatic carbocycles. The number of ether oxygens (including phenoxy) is 1. The van der Waals surface area contributed by atoms with E-state index in [1.54, 1.807) is 0 Å². The molecule has 4 nitrogen and oxygen atoms in total. The fraction of sp³-hybridized carbons (Fsp3) is 0.562. The van der Waals surface area contributed by atoms with Gasteiger partial charge in [0.05, 0.1) is 6.61 Å². The zero-order chi connectivity index (χ0) is 15.0. The summed E-state index contributed by atoms with van der Waals surface area (Å²) >= 11 is 3.55. The van der Waals surface area contributed by atoms with Gasteiger partial charge in [-0.15, -0.1) is 0 Å². The molecule has 0 amide bonds. The number of carboxylic acids is 1. The number of carboxylic acid groups (broad SMARTS) is 1. The van der Waals surface area contributed by atoms with Gasteiger partial charge in [0.15, 0.2) is 0 Å². The summed E-state index contributed by atoms with van der Waals surface area (Å²) in [6, 6.07) is 4.16. The molecule has 114 valence electrons. The van der Waals surface area contributed by atoms with Crippen LogP contribution in [0.5, 0.6) is 5.75 Å². The van der Waals surface area contributed by atoms with E-state index >= 15 is 0 Å². The number of nitrogens with zero attached hydrogens (tertiary/aromatic N) is 1. The first-order valence-corrected chi connectivity index (χ1v) is 8.28. The minimum atomic E-state index is -0.714. The molecule has 2 heterocycles. The number of aliphatic carboxylic acids is 1. The zero-order valence-electron chi connectivity index (χ0n) is 12.2. The third-order valence-corrected chi connectivity index (χ3v) is 5.25. The van der Waals surface area contributed by atoms with Gasteiger partial charge in [-0.25, -0.2) is 0 Å². The molecule has 2 aliphatic heterocycles. The molecule has 0 radical (unpaired) electrons.